The lowest BCUT2D eigenvalue weighted by molar-refractivity contribution is 0.310. The van der Waals surface area contributed by atoms with E-state index in [0.29, 0.717) is 11.5 Å². The number of nitrogen functional groups attached to an aromatic ring is 1. The number of nitrogens with one attached hydrogen (secondary N) is 1. The maximum absolute atomic E-state index is 12.7. The number of imidazole rings is 1. The van der Waals surface area contributed by atoms with Gasteiger partial charge < -0.3 is 5.43 Å². The van der Waals surface area contributed by atoms with E-state index in [-0.39, 0.29) is 16.3 Å². The zero-order valence-corrected chi connectivity index (χ0v) is 13.5. The Kier molecular flexibility index (Phi) is 3.80. The number of nitrogens with zero attached hydrogens (tertiary/aromatic N) is 3. The van der Waals surface area contributed by atoms with Crippen molar-refractivity contribution in [2.45, 2.75) is 25.8 Å². The van der Waals surface area contributed by atoms with Crippen LogP contribution in [0.4, 0.5) is 5.82 Å². The predicted molar refractivity (Wildman–Crippen MR) is 80.1 cm³/mol. The number of hydrogen-bond donors (Lipinski definition) is 2. The summed E-state index contributed by atoms with van der Waals surface area (Å²) in [4.78, 5) is 4.76. The average molecular weight is 317 g/mol. The summed E-state index contributed by atoms with van der Waals surface area (Å²) >= 11 is 1.35. The van der Waals surface area contributed by atoms with Gasteiger partial charge in [0.05, 0.1) is 0 Å². The molecule has 0 aromatic carbocycles. The summed E-state index contributed by atoms with van der Waals surface area (Å²) in [5.41, 5.74) is 2.22. The highest BCUT2D eigenvalue weighted by Crippen LogP contribution is 2.28. The van der Waals surface area contributed by atoms with Crippen LogP contribution in [-0.2, 0) is 10.0 Å². The Morgan fingerprint density at radius 1 is 1.50 bits per heavy atom. The van der Waals surface area contributed by atoms with E-state index in [0.717, 1.165) is 0 Å². The van der Waals surface area contributed by atoms with Gasteiger partial charge >= 0.3 is 0 Å². The van der Waals surface area contributed by atoms with Crippen molar-refractivity contribution in [3.63, 3.8) is 0 Å². The van der Waals surface area contributed by atoms with Crippen LogP contribution in [0.1, 0.15) is 20.8 Å². The summed E-state index contributed by atoms with van der Waals surface area (Å²) in [5, 5.41) is 1.86. The first kappa shape index (κ1) is 15.2. The molecule has 0 saturated heterocycles. The van der Waals surface area contributed by atoms with Crippen LogP contribution in [0, 0.1) is 5.41 Å². The van der Waals surface area contributed by atoms with Crippen molar-refractivity contribution in [2.24, 2.45) is 11.3 Å². The van der Waals surface area contributed by atoms with Gasteiger partial charge in [-0.05, 0) is 5.41 Å². The molecule has 7 nitrogen and oxygen atoms in total. The Morgan fingerprint density at radius 2 is 2.15 bits per heavy atom. The van der Waals surface area contributed by atoms with Crippen molar-refractivity contribution < 1.29 is 8.42 Å². The largest absolute Gasteiger partial charge is 0.306 e. The number of nitrogens with two attached hydrogens (primary N) is 1. The van der Waals surface area contributed by atoms with E-state index in [4.69, 9.17) is 5.84 Å². The molecule has 0 unspecified atom stereocenters. The highest BCUT2D eigenvalue weighted by Gasteiger charge is 2.31. The lowest BCUT2D eigenvalue weighted by Gasteiger charge is -2.25. The molecule has 2 aromatic rings. The normalized spacial score (nSPS) is 13.3. The lowest BCUT2D eigenvalue weighted by Crippen LogP contribution is -2.35. The molecule has 112 valence electrons. The van der Waals surface area contributed by atoms with Crippen LogP contribution >= 0.6 is 11.3 Å². The highest BCUT2D eigenvalue weighted by molar-refractivity contribution is 7.89. The number of hydrogen-bond acceptors (Lipinski definition) is 6. The number of sulfonamides is 1. The van der Waals surface area contributed by atoms with Crippen LogP contribution in [0.15, 0.2) is 16.6 Å². The van der Waals surface area contributed by atoms with E-state index in [1.807, 2.05) is 20.8 Å². The minimum Gasteiger partial charge on any atom is -0.306 e. The van der Waals surface area contributed by atoms with Crippen molar-refractivity contribution in [1.82, 2.24) is 13.7 Å². The van der Waals surface area contributed by atoms with Gasteiger partial charge in [0.15, 0.2) is 10.8 Å². The molecule has 0 aliphatic carbocycles. The van der Waals surface area contributed by atoms with Gasteiger partial charge in [0.1, 0.15) is 0 Å². The number of anilines is 1. The van der Waals surface area contributed by atoms with Gasteiger partial charge in [0.2, 0.25) is 5.03 Å². The fraction of sp³-hybridized carbons (Fsp3) is 0.545. The van der Waals surface area contributed by atoms with E-state index in [2.05, 4.69) is 10.4 Å². The molecule has 2 aromatic heterocycles. The maximum atomic E-state index is 12.7. The second-order valence-corrected chi connectivity index (χ2v) is 8.62. The van der Waals surface area contributed by atoms with Crippen molar-refractivity contribution in [3.05, 3.63) is 11.6 Å². The van der Waals surface area contributed by atoms with Gasteiger partial charge in [0, 0.05) is 25.2 Å². The summed E-state index contributed by atoms with van der Waals surface area (Å²) in [5.74, 6) is 5.56. The monoisotopic (exact) mass is 317 g/mol. The number of aromatic nitrogens is 2. The van der Waals surface area contributed by atoms with Crippen molar-refractivity contribution in [1.29, 1.82) is 0 Å². The topological polar surface area (TPSA) is 92.7 Å². The SMILES string of the molecule is CN(CC(C)(C)C)S(=O)(=O)c1c(NN)nc2sccn12. The fourth-order valence-electron chi connectivity index (χ4n) is 2.01. The molecule has 9 heteroatoms. The number of fused-ring (bicyclic) bond motifs is 1. The van der Waals surface area contributed by atoms with Gasteiger partial charge in [0.25, 0.3) is 10.0 Å². The molecule has 0 spiro atoms. The van der Waals surface area contributed by atoms with Gasteiger partial charge in [-0.2, -0.15) is 9.29 Å². The standard InChI is InChI=1S/C11H19N5O2S2/c1-11(2,3)7-15(4)20(17,18)9-8(14-12)13-10-16(9)5-6-19-10/h5-6,14H,7,12H2,1-4H3. The van der Waals surface area contributed by atoms with Crippen LogP contribution in [0.25, 0.3) is 4.96 Å². The molecular formula is C11H19N5O2S2. The summed E-state index contributed by atoms with van der Waals surface area (Å²) < 4.78 is 28.3. The molecule has 0 fully saturated rings. The third-order valence-corrected chi connectivity index (χ3v) is 5.29. The Balaban J connectivity index is 2.53. The third kappa shape index (κ3) is 2.66. The van der Waals surface area contributed by atoms with Crippen LogP contribution in [0.2, 0.25) is 0 Å². The summed E-state index contributed by atoms with van der Waals surface area (Å²) in [6.45, 7) is 6.35. The van der Waals surface area contributed by atoms with E-state index < -0.39 is 10.0 Å². The molecule has 0 aliphatic rings. The summed E-state index contributed by atoms with van der Waals surface area (Å²) in [6.07, 6.45) is 1.67. The maximum Gasteiger partial charge on any atom is 0.262 e. The van der Waals surface area contributed by atoms with Crippen LogP contribution in [-0.4, -0.2) is 35.7 Å². The lowest BCUT2D eigenvalue weighted by atomic mass is 9.97. The molecule has 0 amide bonds. The minimum atomic E-state index is -3.67. The van der Waals surface area contributed by atoms with E-state index >= 15 is 0 Å². The Hall–Kier alpha value is -1.16. The van der Waals surface area contributed by atoms with Gasteiger partial charge in [-0.3, -0.25) is 4.40 Å². The zero-order valence-electron chi connectivity index (χ0n) is 11.9. The quantitative estimate of drug-likeness (QED) is 0.656. The number of rotatable bonds is 4. The number of hydrazine groups is 1. The van der Waals surface area contributed by atoms with Crippen molar-refractivity contribution >= 4 is 32.1 Å². The minimum absolute atomic E-state index is 0.0722. The fourth-order valence-corrected chi connectivity index (χ4v) is 4.38. The smallest absolute Gasteiger partial charge is 0.262 e. The Morgan fingerprint density at radius 3 is 2.70 bits per heavy atom. The molecule has 0 radical (unpaired) electrons. The average Bonchev–Trinajstić information content (AvgIpc) is 2.84. The summed E-state index contributed by atoms with van der Waals surface area (Å²) in [7, 11) is -2.11. The van der Waals surface area contributed by atoms with Crippen LogP contribution in [0.5, 0.6) is 0 Å². The molecule has 0 bridgehead atoms. The van der Waals surface area contributed by atoms with Crippen molar-refractivity contribution in [2.75, 3.05) is 19.0 Å². The first-order valence-corrected chi connectivity index (χ1v) is 8.37. The Bertz CT molecular complexity index is 711. The second-order valence-electron chi connectivity index (χ2n) is 5.79. The first-order valence-electron chi connectivity index (χ1n) is 6.05. The predicted octanol–water partition coefficient (Wildman–Crippen LogP) is 1.35. The van der Waals surface area contributed by atoms with E-state index in [1.54, 1.807) is 18.6 Å². The Labute approximate surface area is 122 Å². The van der Waals surface area contributed by atoms with Gasteiger partial charge in [-0.1, -0.05) is 20.8 Å². The molecular weight excluding hydrogens is 298 g/mol. The van der Waals surface area contributed by atoms with Crippen LogP contribution < -0.4 is 11.3 Å². The second kappa shape index (κ2) is 4.99. The molecule has 2 heterocycles. The first-order chi connectivity index (χ1) is 9.16. The van der Waals surface area contributed by atoms with Crippen LogP contribution in [0.3, 0.4) is 0 Å². The van der Waals surface area contributed by atoms with Gasteiger partial charge in [-0.25, -0.2) is 14.3 Å². The van der Waals surface area contributed by atoms with E-state index in [9.17, 15) is 8.42 Å². The third-order valence-electron chi connectivity index (χ3n) is 2.71. The van der Waals surface area contributed by atoms with Gasteiger partial charge in [-0.15, -0.1) is 11.3 Å². The van der Waals surface area contributed by atoms with Crippen molar-refractivity contribution in [3.8, 4) is 0 Å². The van der Waals surface area contributed by atoms with E-state index in [1.165, 1.54) is 20.0 Å². The number of thiazole rings is 1. The highest BCUT2D eigenvalue weighted by atomic mass is 32.2. The molecule has 0 atom stereocenters. The molecule has 3 N–H and O–H groups in total. The molecule has 0 aliphatic heterocycles. The molecule has 20 heavy (non-hydrogen) atoms. The summed E-state index contributed by atoms with van der Waals surface area (Å²) in [6, 6.07) is 0. The zero-order chi connectivity index (χ0) is 15.1. The molecule has 0 saturated carbocycles. The molecule has 2 rings (SSSR count).